The highest BCUT2D eigenvalue weighted by atomic mass is 16.2. The quantitative estimate of drug-likeness (QED) is 0.273. The minimum Gasteiger partial charge on any atom is -0.326 e. The molecule has 0 aromatic heterocycles. The molecule has 4 rings (SSSR count). The van der Waals surface area contributed by atoms with Crippen LogP contribution in [-0.4, -0.2) is 17.7 Å². The molecule has 0 spiro atoms. The smallest absolute Gasteiger partial charge is 0.227 e. The Morgan fingerprint density at radius 2 is 0.667 bits per heavy atom. The number of benzene rings is 1. The fourth-order valence-electron chi connectivity index (χ4n) is 7.72. The molecular weight excluding hydrogens is 522 g/mol. The summed E-state index contributed by atoms with van der Waals surface area (Å²) < 4.78 is 0. The molecule has 0 bridgehead atoms. The van der Waals surface area contributed by atoms with Gasteiger partial charge in [-0.2, -0.15) is 0 Å². The highest BCUT2D eigenvalue weighted by molar-refractivity contribution is 5.99. The predicted molar refractivity (Wildman–Crippen MR) is 173 cm³/mol. The van der Waals surface area contributed by atoms with E-state index in [1.807, 2.05) is 18.2 Å². The van der Waals surface area contributed by atoms with E-state index in [1.165, 1.54) is 0 Å². The molecule has 3 amide bonds. The van der Waals surface area contributed by atoms with Crippen molar-refractivity contribution in [3.63, 3.8) is 0 Å². The summed E-state index contributed by atoms with van der Waals surface area (Å²) in [6.45, 7) is 13.6. The molecule has 0 radical (unpaired) electrons. The minimum absolute atomic E-state index is 0.00331. The van der Waals surface area contributed by atoms with E-state index in [2.05, 4.69) is 57.5 Å². The Morgan fingerprint density at radius 3 is 0.857 bits per heavy atom. The summed E-state index contributed by atoms with van der Waals surface area (Å²) in [5, 5.41) is 9.41. The lowest BCUT2D eigenvalue weighted by molar-refractivity contribution is -0.121. The van der Waals surface area contributed by atoms with Crippen LogP contribution < -0.4 is 16.0 Å². The van der Waals surface area contributed by atoms with Gasteiger partial charge >= 0.3 is 0 Å². The van der Waals surface area contributed by atoms with Crippen LogP contribution in [0.15, 0.2) is 18.2 Å². The first-order chi connectivity index (χ1) is 20.0. The van der Waals surface area contributed by atoms with Crippen molar-refractivity contribution in [2.45, 2.75) is 119 Å². The zero-order chi connectivity index (χ0) is 30.4. The molecule has 3 fully saturated rings. The first-order valence-electron chi connectivity index (χ1n) is 17.1. The fraction of sp³-hybridized carbons (Fsp3) is 0.750. The SMILES string of the molecule is CC(C)C1CCC(C(=O)Nc2cc(NC(=O)C3CCC(C(C)C)CC3)cc(NC(=O)C3CCC(C(C)C)CC3)c2)CC1. The summed E-state index contributed by atoms with van der Waals surface area (Å²) in [5.41, 5.74) is 1.89. The lowest BCUT2D eigenvalue weighted by Gasteiger charge is -2.31. The molecule has 0 atom stereocenters. The topological polar surface area (TPSA) is 87.3 Å². The van der Waals surface area contributed by atoms with Gasteiger partial charge in [0, 0.05) is 34.8 Å². The Balaban J connectivity index is 1.44. The Hall–Kier alpha value is -2.37. The van der Waals surface area contributed by atoms with E-state index in [4.69, 9.17) is 0 Å². The fourth-order valence-corrected chi connectivity index (χ4v) is 7.72. The summed E-state index contributed by atoms with van der Waals surface area (Å²) in [7, 11) is 0. The van der Waals surface area contributed by atoms with Gasteiger partial charge in [-0.1, -0.05) is 41.5 Å². The molecular formula is C36H57N3O3. The maximum atomic E-state index is 13.3. The van der Waals surface area contributed by atoms with Gasteiger partial charge in [0.25, 0.3) is 0 Å². The molecule has 6 nitrogen and oxygen atoms in total. The molecule has 0 heterocycles. The molecule has 3 saturated carbocycles. The number of amides is 3. The third-order valence-electron chi connectivity index (χ3n) is 11.0. The first kappa shape index (κ1) is 32.5. The molecule has 3 aliphatic carbocycles. The molecule has 1 aromatic carbocycles. The Labute approximate surface area is 254 Å². The Kier molecular flexibility index (Phi) is 11.5. The number of carbonyl (C=O) groups is 3. The highest BCUT2D eigenvalue weighted by Crippen LogP contribution is 2.37. The third-order valence-corrected chi connectivity index (χ3v) is 11.0. The minimum atomic E-state index is 0.00331. The molecule has 0 aliphatic heterocycles. The summed E-state index contributed by atoms with van der Waals surface area (Å²) >= 11 is 0. The van der Waals surface area contributed by atoms with Crippen LogP contribution in [0, 0.1) is 53.3 Å². The van der Waals surface area contributed by atoms with Gasteiger partial charge in [0.2, 0.25) is 17.7 Å². The van der Waals surface area contributed by atoms with Gasteiger partial charge in [-0.15, -0.1) is 0 Å². The summed E-state index contributed by atoms with van der Waals surface area (Å²) in [4.78, 5) is 39.9. The van der Waals surface area contributed by atoms with Crippen LogP contribution in [0.5, 0.6) is 0 Å². The summed E-state index contributed by atoms with van der Waals surface area (Å²) in [6.07, 6.45) is 12.0. The average molecular weight is 580 g/mol. The Bertz CT molecular complexity index is 911. The van der Waals surface area contributed by atoms with Crippen molar-refractivity contribution in [2.75, 3.05) is 16.0 Å². The maximum absolute atomic E-state index is 13.3. The van der Waals surface area contributed by atoms with Crippen molar-refractivity contribution in [3.8, 4) is 0 Å². The monoisotopic (exact) mass is 579 g/mol. The van der Waals surface area contributed by atoms with Crippen LogP contribution in [0.3, 0.4) is 0 Å². The lowest BCUT2D eigenvalue weighted by Crippen LogP contribution is -2.30. The van der Waals surface area contributed by atoms with E-state index in [0.29, 0.717) is 52.6 Å². The van der Waals surface area contributed by atoms with Gasteiger partial charge in [0.15, 0.2) is 0 Å². The normalized spacial score (nSPS) is 28.5. The Morgan fingerprint density at radius 1 is 0.452 bits per heavy atom. The van der Waals surface area contributed by atoms with E-state index in [0.717, 1.165) is 77.0 Å². The number of hydrogen-bond donors (Lipinski definition) is 3. The van der Waals surface area contributed by atoms with Gasteiger partial charge in [0.1, 0.15) is 0 Å². The van der Waals surface area contributed by atoms with Crippen LogP contribution in [-0.2, 0) is 14.4 Å². The van der Waals surface area contributed by atoms with Crippen LogP contribution in [0.25, 0.3) is 0 Å². The highest BCUT2D eigenvalue weighted by Gasteiger charge is 2.30. The van der Waals surface area contributed by atoms with Crippen LogP contribution >= 0.6 is 0 Å². The molecule has 6 heteroatoms. The van der Waals surface area contributed by atoms with Crippen LogP contribution in [0.2, 0.25) is 0 Å². The number of nitrogens with one attached hydrogen (secondary N) is 3. The van der Waals surface area contributed by atoms with E-state index in [1.54, 1.807) is 0 Å². The number of carbonyl (C=O) groups excluding carboxylic acids is 3. The van der Waals surface area contributed by atoms with Crippen molar-refractivity contribution >= 4 is 34.8 Å². The van der Waals surface area contributed by atoms with Gasteiger partial charge in [-0.05, 0) is 131 Å². The van der Waals surface area contributed by atoms with E-state index >= 15 is 0 Å². The number of rotatable bonds is 9. The van der Waals surface area contributed by atoms with Gasteiger partial charge in [0.05, 0.1) is 0 Å². The van der Waals surface area contributed by atoms with E-state index in [9.17, 15) is 14.4 Å². The van der Waals surface area contributed by atoms with E-state index in [-0.39, 0.29) is 35.5 Å². The third kappa shape index (κ3) is 8.83. The second-order valence-corrected chi connectivity index (χ2v) is 14.8. The van der Waals surface area contributed by atoms with Crippen molar-refractivity contribution in [3.05, 3.63) is 18.2 Å². The predicted octanol–water partition coefficient (Wildman–Crippen LogP) is 8.89. The summed E-state index contributed by atoms with van der Waals surface area (Å²) in [5.74, 6) is 4.17. The number of anilines is 3. The second kappa shape index (κ2) is 14.9. The standard InChI is InChI=1S/C36H57N3O3/c1-22(2)25-7-13-28(14-8-25)34(40)37-31-19-32(38-35(41)29-15-9-26(10-16-29)23(3)4)21-33(20-31)39-36(42)30-17-11-27(12-18-30)24(5)6/h19-30H,7-18H2,1-6H3,(H,37,40)(H,38,41)(H,39,42). The van der Waals surface area contributed by atoms with Crippen molar-refractivity contribution in [1.29, 1.82) is 0 Å². The zero-order valence-electron chi connectivity index (χ0n) is 27.1. The van der Waals surface area contributed by atoms with E-state index < -0.39 is 0 Å². The molecule has 42 heavy (non-hydrogen) atoms. The molecule has 0 unspecified atom stereocenters. The second-order valence-electron chi connectivity index (χ2n) is 14.8. The first-order valence-corrected chi connectivity index (χ1v) is 17.1. The van der Waals surface area contributed by atoms with Crippen molar-refractivity contribution in [2.24, 2.45) is 53.3 Å². The summed E-state index contributed by atoms with van der Waals surface area (Å²) in [6, 6.07) is 5.54. The van der Waals surface area contributed by atoms with Gasteiger partial charge in [-0.3, -0.25) is 14.4 Å². The molecule has 3 N–H and O–H groups in total. The van der Waals surface area contributed by atoms with Crippen molar-refractivity contribution in [1.82, 2.24) is 0 Å². The van der Waals surface area contributed by atoms with Gasteiger partial charge < -0.3 is 16.0 Å². The van der Waals surface area contributed by atoms with Crippen LogP contribution in [0.1, 0.15) is 119 Å². The largest absolute Gasteiger partial charge is 0.326 e. The maximum Gasteiger partial charge on any atom is 0.227 e. The lowest BCUT2D eigenvalue weighted by atomic mass is 9.76. The zero-order valence-corrected chi connectivity index (χ0v) is 27.1. The molecule has 3 aliphatic rings. The molecule has 0 saturated heterocycles. The molecule has 1 aromatic rings. The number of hydrogen-bond acceptors (Lipinski definition) is 3. The van der Waals surface area contributed by atoms with Gasteiger partial charge in [-0.25, -0.2) is 0 Å². The van der Waals surface area contributed by atoms with Crippen molar-refractivity contribution < 1.29 is 14.4 Å². The van der Waals surface area contributed by atoms with Crippen LogP contribution in [0.4, 0.5) is 17.1 Å². The molecule has 234 valence electrons. The average Bonchev–Trinajstić information content (AvgIpc) is 2.97.